The summed E-state index contributed by atoms with van der Waals surface area (Å²) < 4.78 is 33.0. The third-order valence-corrected chi connectivity index (χ3v) is 3.62. The van der Waals surface area contributed by atoms with E-state index in [4.69, 9.17) is 4.74 Å². The molecule has 0 aliphatic carbocycles. The van der Waals surface area contributed by atoms with Gasteiger partial charge in [-0.15, -0.1) is 0 Å². The third kappa shape index (κ3) is 3.83. The minimum absolute atomic E-state index is 0.0373. The minimum atomic E-state index is -0.529. The van der Waals surface area contributed by atoms with Crippen molar-refractivity contribution in [1.82, 2.24) is 5.32 Å². The fraction of sp³-hybridized carbons (Fsp3) is 0.333. The van der Waals surface area contributed by atoms with E-state index in [-0.39, 0.29) is 11.6 Å². The van der Waals surface area contributed by atoms with Gasteiger partial charge in [-0.3, -0.25) is 0 Å². The van der Waals surface area contributed by atoms with Crippen LogP contribution < -0.4 is 10.1 Å². The monoisotopic (exact) mass is 305 g/mol. The molecule has 2 aromatic carbocycles. The second-order valence-corrected chi connectivity index (χ2v) is 5.25. The fourth-order valence-corrected chi connectivity index (χ4v) is 2.50. The van der Waals surface area contributed by atoms with Crippen molar-refractivity contribution in [3.63, 3.8) is 0 Å². The summed E-state index contributed by atoms with van der Waals surface area (Å²) in [4.78, 5) is 0. The predicted octanol–water partition coefficient (Wildman–Crippen LogP) is 4.78. The normalized spacial score (nSPS) is 13.7. The van der Waals surface area contributed by atoms with Gasteiger partial charge in [-0.25, -0.2) is 8.78 Å². The van der Waals surface area contributed by atoms with Crippen molar-refractivity contribution in [3.8, 4) is 5.75 Å². The number of rotatable bonds is 6. The Morgan fingerprint density at radius 1 is 0.955 bits per heavy atom. The SMILES string of the molecule is CCOc1ccc(C(C)NC(C)c2c(F)cccc2F)cc1. The number of nitrogens with one attached hydrogen (secondary N) is 1. The molecule has 2 rings (SSSR count). The zero-order valence-corrected chi connectivity index (χ0v) is 13.1. The molecule has 0 amide bonds. The Balaban J connectivity index is 2.09. The van der Waals surface area contributed by atoms with Gasteiger partial charge in [0.1, 0.15) is 17.4 Å². The Bertz CT molecular complexity index is 593. The maximum atomic E-state index is 13.8. The summed E-state index contributed by atoms with van der Waals surface area (Å²) >= 11 is 0. The molecule has 0 fully saturated rings. The second kappa shape index (κ2) is 7.36. The quantitative estimate of drug-likeness (QED) is 0.829. The standard InChI is InChI=1S/C18H21F2NO/c1-4-22-15-10-8-14(9-11-15)12(2)21-13(3)18-16(19)6-5-7-17(18)20/h5-13,21H,4H2,1-3H3. The van der Waals surface area contributed by atoms with Crippen LogP contribution in [-0.2, 0) is 0 Å². The van der Waals surface area contributed by atoms with Crippen molar-refractivity contribution < 1.29 is 13.5 Å². The smallest absolute Gasteiger partial charge is 0.130 e. The molecule has 0 radical (unpaired) electrons. The number of hydrogen-bond acceptors (Lipinski definition) is 2. The molecule has 1 N–H and O–H groups in total. The Hall–Kier alpha value is -1.94. The first kappa shape index (κ1) is 16.4. The van der Waals surface area contributed by atoms with Crippen LogP contribution in [0.5, 0.6) is 5.75 Å². The summed E-state index contributed by atoms with van der Waals surface area (Å²) in [7, 11) is 0. The van der Waals surface area contributed by atoms with Crippen molar-refractivity contribution in [3.05, 3.63) is 65.2 Å². The van der Waals surface area contributed by atoms with E-state index in [0.717, 1.165) is 11.3 Å². The lowest BCUT2D eigenvalue weighted by Crippen LogP contribution is -2.24. The van der Waals surface area contributed by atoms with Gasteiger partial charge in [0.05, 0.1) is 6.61 Å². The van der Waals surface area contributed by atoms with Gasteiger partial charge in [0.25, 0.3) is 0 Å². The van der Waals surface area contributed by atoms with Gasteiger partial charge >= 0.3 is 0 Å². The van der Waals surface area contributed by atoms with Crippen molar-refractivity contribution in [2.75, 3.05) is 6.61 Å². The number of halogens is 2. The Labute approximate surface area is 130 Å². The highest BCUT2D eigenvalue weighted by molar-refractivity contribution is 5.29. The number of benzene rings is 2. The van der Waals surface area contributed by atoms with Crippen LogP contribution in [0, 0.1) is 11.6 Å². The van der Waals surface area contributed by atoms with E-state index < -0.39 is 17.7 Å². The lowest BCUT2D eigenvalue weighted by molar-refractivity contribution is 0.340. The topological polar surface area (TPSA) is 21.3 Å². The zero-order valence-electron chi connectivity index (χ0n) is 13.1. The maximum absolute atomic E-state index is 13.8. The number of hydrogen-bond donors (Lipinski definition) is 1. The molecule has 118 valence electrons. The van der Waals surface area contributed by atoms with Crippen molar-refractivity contribution in [2.24, 2.45) is 0 Å². The lowest BCUT2D eigenvalue weighted by Gasteiger charge is -2.21. The summed E-state index contributed by atoms with van der Waals surface area (Å²) in [6.07, 6.45) is 0. The summed E-state index contributed by atoms with van der Waals surface area (Å²) in [5.74, 6) is -0.246. The van der Waals surface area contributed by atoms with Gasteiger partial charge in [-0.05, 0) is 50.6 Å². The first-order chi connectivity index (χ1) is 10.5. The molecule has 0 heterocycles. The highest BCUT2D eigenvalue weighted by atomic mass is 19.1. The van der Waals surface area contributed by atoms with Crippen LogP contribution in [0.2, 0.25) is 0 Å². The molecule has 0 aromatic heterocycles. The van der Waals surface area contributed by atoms with E-state index in [1.54, 1.807) is 6.92 Å². The maximum Gasteiger partial charge on any atom is 0.130 e. The third-order valence-electron chi connectivity index (χ3n) is 3.62. The molecular weight excluding hydrogens is 284 g/mol. The van der Waals surface area contributed by atoms with Crippen LogP contribution in [0.1, 0.15) is 44.0 Å². The van der Waals surface area contributed by atoms with Gasteiger partial charge in [0, 0.05) is 17.6 Å². The highest BCUT2D eigenvalue weighted by Gasteiger charge is 2.18. The first-order valence-electron chi connectivity index (χ1n) is 7.45. The Kier molecular flexibility index (Phi) is 5.50. The van der Waals surface area contributed by atoms with E-state index in [1.807, 2.05) is 38.1 Å². The van der Waals surface area contributed by atoms with Gasteiger partial charge in [0.2, 0.25) is 0 Å². The average molecular weight is 305 g/mol. The van der Waals surface area contributed by atoms with Crippen molar-refractivity contribution in [2.45, 2.75) is 32.9 Å². The zero-order chi connectivity index (χ0) is 16.1. The molecular formula is C18H21F2NO. The molecule has 0 bridgehead atoms. The molecule has 22 heavy (non-hydrogen) atoms. The Morgan fingerprint density at radius 2 is 1.55 bits per heavy atom. The van der Waals surface area contributed by atoms with E-state index >= 15 is 0 Å². The molecule has 2 atom stereocenters. The summed E-state index contributed by atoms with van der Waals surface area (Å²) in [5, 5.41) is 3.22. The van der Waals surface area contributed by atoms with Gasteiger partial charge in [-0.2, -0.15) is 0 Å². The predicted molar refractivity (Wildman–Crippen MR) is 83.9 cm³/mol. The molecule has 0 aliphatic heterocycles. The molecule has 0 aliphatic rings. The van der Waals surface area contributed by atoms with E-state index in [9.17, 15) is 8.78 Å². The second-order valence-electron chi connectivity index (χ2n) is 5.25. The lowest BCUT2D eigenvalue weighted by atomic mass is 10.0. The molecule has 4 heteroatoms. The molecule has 0 saturated heterocycles. The molecule has 2 unspecified atom stereocenters. The van der Waals surface area contributed by atoms with Crippen LogP contribution in [-0.4, -0.2) is 6.61 Å². The molecule has 0 spiro atoms. The summed E-state index contributed by atoms with van der Waals surface area (Å²) in [6, 6.07) is 11.1. The van der Waals surface area contributed by atoms with Crippen LogP contribution >= 0.6 is 0 Å². The number of ether oxygens (including phenoxy) is 1. The fourth-order valence-electron chi connectivity index (χ4n) is 2.50. The van der Waals surface area contributed by atoms with Gasteiger partial charge < -0.3 is 10.1 Å². The highest BCUT2D eigenvalue weighted by Crippen LogP contribution is 2.24. The molecule has 0 saturated carbocycles. The van der Waals surface area contributed by atoms with Crippen LogP contribution in [0.25, 0.3) is 0 Å². The van der Waals surface area contributed by atoms with Crippen molar-refractivity contribution in [1.29, 1.82) is 0 Å². The minimum Gasteiger partial charge on any atom is -0.494 e. The van der Waals surface area contributed by atoms with Crippen LogP contribution in [0.3, 0.4) is 0 Å². The first-order valence-corrected chi connectivity index (χ1v) is 7.45. The Morgan fingerprint density at radius 3 is 2.09 bits per heavy atom. The molecule has 2 aromatic rings. The summed E-state index contributed by atoms with van der Waals surface area (Å²) in [6.45, 7) is 6.27. The van der Waals surface area contributed by atoms with E-state index in [2.05, 4.69) is 5.32 Å². The molecule has 2 nitrogen and oxygen atoms in total. The van der Waals surface area contributed by atoms with Crippen LogP contribution in [0.15, 0.2) is 42.5 Å². The largest absolute Gasteiger partial charge is 0.494 e. The van der Waals surface area contributed by atoms with Crippen LogP contribution in [0.4, 0.5) is 8.78 Å². The van der Waals surface area contributed by atoms with E-state index in [0.29, 0.717) is 6.61 Å². The van der Waals surface area contributed by atoms with Gasteiger partial charge in [-0.1, -0.05) is 18.2 Å². The van der Waals surface area contributed by atoms with E-state index in [1.165, 1.54) is 18.2 Å². The van der Waals surface area contributed by atoms with Gasteiger partial charge in [0.15, 0.2) is 0 Å². The average Bonchev–Trinajstić information content (AvgIpc) is 2.48. The van der Waals surface area contributed by atoms with Crippen molar-refractivity contribution >= 4 is 0 Å². The summed E-state index contributed by atoms with van der Waals surface area (Å²) in [5.41, 5.74) is 1.10.